The maximum Gasteiger partial charge on any atom is 0.119 e. The Kier molecular flexibility index (Phi) is 5.31. The van der Waals surface area contributed by atoms with Gasteiger partial charge in [-0.25, -0.2) is 0 Å². The number of para-hydroxylation sites is 1. The lowest BCUT2D eigenvalue weighted by atomic mass is 9.84. The molecule has 0 unspecified atom stereocenters. The SMILES string of the molecule is COc1ccc(N)c(C(Cc2ccc3c(c2)[nH]c2ccccc23)c2cc(OC)ccc2N)c1. The maximum atomic E-state index is 6.46. The second kappa shape index (κ2) is 8.43. The van der Waals surface area contributed by atoms with Crippen LogP contribution in [0.4, 0.5) is 11.4 Å². The van der Waals surface area contributed by atoms with Crippen molar-refractivity contribution in [3.63, 3.8) is 0 Å². The smallest absolute Gasteiger partial charge is 0.119 e. The van der Waals surface area contributed by atoms with Gasteiger partial charge in [-0.1, -0.05) is 30.3 Å². The van der Waals surface area contributed by atoms with Gasteiger partial charge < -0.3 is 25.9 Å². The predicted molar refractivity (Wildman–Crippen MR) is 136 cm³/mol. The van der Waals surface area contributed by atoms with Gasteiger partial charge in [0.15, 0.2) is 0 Å². The van der Waals surface area contributed by atoms with Crippen LogP contribution in [0.1, 0.15) is 22.6 Å². The normalized spacial score (nSPS) is 11.4. The van der Waals surface area contributed by atoms with Crippen molar-refractivity contribution in [2.75, 3.05) is 25.7 Å². The van der Waals surface area contributed by atoms with Crippen molar-refractivity contribution in [2.24, 2.45) is 0 Å². The first-order valence-corrected chi connectivity index (χ1v) is 10.9. The maximum absolute atomic E-state index is 6.46. The Hall–Kier alpha value is -4.12. The Labute approximate surface area is 192 Å². The van der Waals surface area contributed by atoms with Crippen molar-refractivity contribution < 1.29 is 9.47 Å². The van der Waals surface area contributed by atoms with Gasteiger partial charge in [0.25, 0.3) is 0 Å². The van der Waals surface area contributed by atoms with E-state index < -0.39 is 0 Å². The Balaban J connectivity index is 1.64. The summed E-state index contributed by atoms with van der Waals surface area (Å²) >= 11 is 0. The van der Waals surface area contributed by atoms with Crippen LogP contribution in [0.2, 0.25) is 0 Å². The highest BCUT2D eigenvalue weighted by Crippen LogP contribution is 2.39. The van der Waals surface area contributed by atoms with Crippen LogP contribution in [-0.2, 0) is 6.42 Å². The quantitative estimate of drug-likeness (QED) is 0.290. The third kappa shape index (κ3) is 3.82. The minimum absolute atomic E-state index is 0.0722. The van der Waals surface area contributed by atoms with Crippen LogP contribution < -0.4 is 20.9 Å². The molecule has 0 aliphatic heterocycles. The summed E-state index contributed by atoms with van der Waals surface area (Å²) in [6, 6.07) is 26.5. The van der Waals surface area contributed by atoms with Gasteiger partial charge in [-0.2, -0.15) is 0 Å². The highest BCUT2D eigenvalue weighted by atomic mass is 16.5. The molecule has 0 saturated heterocycles. The fourth-order valence-corrected chi connectivity index (χ4v) is 4.62. The number of fused-ring (bicyclic) bond motifs is 3. The Morgan fingerprint density at radius 3 is 1.94 bits per heavy atom. The molecule has 1 aromatic heterocycles. The molecule has 0 aliphatic carbocycles. The van der Waals surface area contributed by atoms with Gasteiger partial charge in [-0.3, -0.25) is 0 Å². The van der Waals surface area contributed by atoms with Gasteiger partial charge in [0.2, 0.25) is 0 Å². The van der Waals surface area contributed by atoms with Crippen LogP contribution in [0, 0.1) is 0 Å². The number of nitrogens with two attached hydrogens (primary N) is 2. The van der Waals surface area contributed by atoms with Gasteiger partial charge in [0.05, 0.1) is 14.2 Å². The molecule has 33 heavy (non-hydrogen) atoms. The molecule has 0 amide bonds. The molecule has 0 saturated carbocycles. The second-order valence-electron chi connectivity index (χ2n) is 8.30. The van der Waals surface area contributed by atoms with E-state index in [4.69, 9.17) is 20.9 Å². The summed E-state index contributed by atoms with van der Waals surface area (Å²) in [7, 11) is 3.32. The van der Waals surface area contributed by atoms with Crippen LogP contribution >= 0.6 is 0 Å². The van der Waals surface area contributed by atoms with Crippen molar-refractivity contribution in [1.29, 1.82) is 0 Å². The van der Waals surface area contributed by atoms with E-state index in [0.717, 1.165) is 40.1 Å². The zero-order valence-corrected chi connectivity index (χ0v) is 18.8. The van der Waals surface area contributed by atoms with E-state index in [-0.39, 0.29) is 5.92 Å². The Bertz CT molecular complexity index is 1400. The standard InChI is InChI=1S/C28H27N3O2/c1-32-18-8-11-25(29)23(15-18)22(24-16-19(33-2)9-12-26(24)30)13-17-7-10-21-20-5-3-4-6-27(20)31-28(21)14-17/h3-12,14-16,22,31H,13,29-30H2,1-2H3. The zero-order valence-electron chi connectivity index (χ0n) is 18.8. The molecule has 5 heteroatoms. The minimum atomic E-state index is -0.0722. The van der Waals surface area contributed by atoms with Crippen molar-refractivity contribution in [2.45, 2.75) is 12.3 Å². The van der Waals surface area contributed by atoms with Gasteiger partial charge >= 0.3 is 0 Å². The molecule has 0 spiro atoms. The Morgan fingerprint density at radius 2 is 1.30 bits per heavy atom. The largest absolute Gasteiger partial charge is 0.497 e. The van der Waals surface area contributed by atoms with Crippen LogP contribution in [-0.4, -0.2) is 19.2 Å². The molecule has 0 fully saturated rings. The molecule has 5 N–H and O–H groups in total. The summed E-state index contributed by atoms with van der Waals surface area (Å²) in [4.78, 5) is 3.54. The molecular weight excluding hydrogens is 410 g/mol. The number of hydrogen-bond donors (Lipinski definition) is 3. The molecule has 0 aliphatic rings. The summed E-state index contributed by atoms with van der Waals surface area (Å²) in [5, 5.41) is 2.44. The Morgan fingerprint density at radius 1 is 0.697 bits per heavy atom. The molecule has 5 aromatic rings. The molecule has 0 radical (unpaired) electrons. The summed E-state index contributed by atoms with van der Waals surface area (Å²) in [5.74, 6) is 1.45. The molecule has 0 bridgehead atoms. The fourth-order valence-electron chi connectivity index (χ4n) is 4.62. The van der Waals surface area contributed by atoms with E-state index in [9.17, 15) is 0 Å². The summed E-state index contributed by atoms with van der Waals surface area (Å²) in [6.07, 6.45) is 0.722. The summed E-state index contributed by atoms with van der Waals surface area (Å²) in [6.45, 7) is 0. The monoisotopic (exact) mass is 437 g/mol. The van der Waals surface area contributed by atoms with E-state index in [1.54, 1.807) is 14.2 Å². The molecule has 0 atom stereocenters. The average Bonchev–Trinajstić information content (AvgIpc) is 3.21. The average molecular weight is 438 g/mol. The molecular formula is C28H27N3O2. The van der Waals surface area contributed by atoms with Gasteiger partial charge in [-0.05, 0) is 71.6 Å². The number of ether oxygens (including phenoxy) is 2. The summed E-state index contributed by atoms with van der Waals surface area (Å²) in [5.41, 5.74) is 19.7. The third-order valence-electron chi connectivity index (χ3n) is 6.35. The second-order valence-corrected chi connectivity index (χ2v) is 8.30. The highest BCUT2D eigenvalue weighted by molar-refractivity contribution is 6.07. The van der Waals surface area contributed by atoms with Crippen LogP contribution in [0.5, 0.6) is 11.5 Å². The number of benzene rings is 4. The lowest BCUT2D eigenvalue weighted by Crippen LogP contribution is -2.11. The van der Waals surface area contributed by atoms with E-state index >= 15 is 0 Å². The number of aromatic amines is 1. The van der Waals surface area contributed by atoms with E-state index in [1.165, 1.54) is 16.3 Å². The van der Waals surface area contributed by atoms with Crippen LogP contribution in [0.15, 0.2) is 78.9 Å². The summed E-state index contributed by atoms with van der Waals surface area (Å²) < 4.78 is 11.0. The van der Waals surface area contributed by atoms with Gasteiger partial charge in [-0.15, -0.1) is 0 Å². The topological polar surface area (TPSA) is 86.3 Å². The van der Waals surface area contributed by atoms with E-state index in [2.05, 4.69) is 41.4 Å². The lowest BCUT2D eigenvalue weighted by molar-refractivity contribution is 0.413. The van der Waals surface area contributed by atoms with E-state index in [0.29, 0.717) is 11.4 Å². The number of methoxy groups -OCH3 is 2. The number of anilines is 2. The number of H-pyrrole nitrogens is 1. The number of aromatic nitrogens is 1. The van der Waals surface area contributed by atoms with Gasteiger partial charge in [0.1, 0.15) is 11.5 Å². The van der Waals surface area contributed by atoms with Crippen molar-refractivity contribution in [3.05, 3.63) is 95.6 Å². The minimum Gasteiger partial charge on any atom is -0.497 e. The number of hydrogen-bond acceptors (Lipinski definition) is 4. The van der Waals surface area contributed by atoms with Crippen LogP contribution in [0.3, 0.4) is 0 Å². The van der Waals surface area contributed by atoms with Crippen molar-refractivity contribution >= 4 is 33.2 Å². The first-order chi connectivity index (χ1) is 16.1. The highest BCUT2D eigenvalue weighted by Gasteiger charge is 2.22. The van der Waals surface area contributed by atoms with Crippen molar-refractivity contribution in [3.8, 4) is 11.5 Å². The molecule has 5 rings (SSSR count). The van der Waals surface area contributed by atoms with Crippen molar-refractivity contribution in [1.82, 2.24) is 4.98 Å². The fraction of sp³-hybridized carbons (Fsp3) is 0.143. The number of nitrogen functional groups attached to an aromatic ring is 2. The molecule has 1 heterocycles. The van der Waals surface area contributed by atoms with Crippen LogP contribution in [0.25, 0.3) is 21.8 Å². The number of nitrogens with one attached hydrogen (secondary N) is 1. The molecule has 4 aromatic carbocycles. The third-order valence-corrected chi connectivity index (χ3v) is 6.35. The first kappa shape index (κ1) is 20.8. The van der Waals surface area contributed by atoms with Gasteiger partial charge in [0, 0.05) is 39.1 Å². The predicted octanol–water partition coefficient (Wildman–Crippen LogP) is 5.88. The molecule has 5 nitrogen and oxygen atoms in total. The number of rotatable bonds is 6. The van der Waals surface area contributed by atoms with E-state index in [1.807, 2.05) is 42.5 Å². The lowest BCUT2D eigenvalue weighted by Gasteiger charge is -2.23. The first-order valence-electron chi connectivity index (χ1n) is 10.9. The zero-order chi connectivity index (χ0) is 22.9. The molecule has 166 valence electrons.